The van der Waals surface area contributed by atoms with Gasteiger partial charge in [0.2, 0.25) is 0 Å². The molecule has 0 aromatic heterocycles. The molecule has 19 heavy (non-hydrogen) atoms. The van der Waals surface area contributed by atoms with Gasteiger partial charge in [-0.3, -0.25) is 9.59 Å². The molecule has 0 bridgehead atoms. The van der Waals surface area contributed by atoms with Gasteiger partial charge in [-0.1, -0.05) is 24.3 Å². The van der Waals surface area contributed by atoms with Crippen LogP contribution < -0.4 is 0 Å². The monoisotopic (exact) mass is 258 g/mol. The molecule has 0 N–H and O–H groups in total. The minimum atomic E-state index is -0.168. The van der Waals surface area contributed by atoms with Crippen molar-refractivity contribution < 1.29 is 14.3 Å². The van der Waals surface area contributed by atoms with E-state index in [9.17, 15) is 9.59 Å². The van der Waals surface area contributed by atoms with Gasteiger partial charge >= 0.3 is 5.97 Å². The summed E-state index contributed by atoms with van der Waals surface area (Å²) in [5, 5.41) is 0. The van der Waals surface area contributed by atoms with Crippen LogP contribution in [0.4, 0.5) is 0 Å². The van der Waals surface area contributed by atoms with E-state index < -0.39 is 0 Å². The second-order valence-corrected chi connectivity index (χ2v) is 4.63. The molecule has 0 aliphatic heterocycles. The number of rotatable bonds is 5. The van der Waals surface area contributed by atoms with Crippen molar-refractivity contribution >= 4 is 17.3 Å². The number of ketones is 1. The van der Waals surface area contributed by atoms with Gasteiger partial charge in [0.25, 0.3) is 0 Å². The Bertz CT molecular complexity index is 514. The second-order valence-electron chi connectivity index (χ2n) is 4.63. The fourth-order valence-corrected chi connectivity index (χ4v) is 2.36. The summed E-state index contributed by atoms with van der Waals surface area (Å²) in [5.41, 5.74) is 3.27. The van der Waals surface area contributed by atoms with Crippen molar-refractivity contribution in [1.29, 1.82) is 0 Å². The van der Waals surface area contributed by atoms with E-state index in [1.165, 1.54) is 0 Å². The van der Waals surface area contributed by atoms with Crippen LogP contribution in [0.3, 0.4) is 0 Å². The summed E-state index contributed by atoms with van der Waals surface area (Å²) in [5.74, 6) is -0.0247. The zero-order valence-electron chi connectivity index (χ0n) is 11.1. The van der Waals surface area contributed by atoms with Gasteiger partial charge in [-0.25, -0.2) is 0 Å². The molecule has 0 saturated carbocycles. The van der Waals surface area contributed by atoms with E-state index in [1.807, 2.05) is 24.3 Å². The highest BCUT2D eigenvalue weighted by Gasteiger charge is 2.16. The highest BCUT2D eigenvalue weighted by atomic mass is 16.5. The molecule has 0 spiro atoms. The van der Waals surface area contributed by atoms with Crippen LogP contribution in [-0.2, 0) is 20.7 Å². The Morgan fingerprint density at radius 2 is 2.11 bits per heavy atom. The van der Waals surface area contributed by atoms with Gasteiger partial charge in [0.15, 0.2) is 5.78 Å². The van der Waals surface area contributed by atoms with Crippen LogP contribution in [0.1, 0.15) is 37.3 Å². The number of benzene rings is 1. The maximum Gasteiger partial charge on any atom is 0.305 e. The number of esters is 1. The quantitative estimate of drug-likeness (QED) is 0.763. The Balaban J connectivity index is 1.99. The lowest BCUT2D eigenvalue weighted by atomic mass is 9.88. The fraction of sp³-hybridized carbons (Fsp3) is 0.375. The highest BCUT2D eigenvalue weighted by molar-refractivity contribution is 6.01. The predicted molar refractivity (Wildman–Crippen MR) is 73.6 cm³/mol. The minimum absolute atomic E-state index is 0.143. The fourth-order valence-electron chi connectivity index (χ4n) is 2.36. The summed E-state index contributed by atoms with van der Waals surface area (Å²) in [4.78, 5) is 23.0. The Labute approximate surface area is 113 Å². The van der Waals surface area contributed by atoms with Gasteiger partial charge in [0.1, 0.15) is 0 Å². The molecule has 3 heteroatoms. The van der Waals surface area contributed by atoms with E-state index in [2.05, 4.69) is 0 Å². The molecule has 100 valence electrons. The Morgan fingerprint density at radius 3 is 2.89 bits per heavy atom. The summed E-state index contributed by atoms with van der Waals surface area (Å²) < 4.78 is 4.90. The molecule has 1 aromatic carbocycles. The van der Waals surface area contributed by atoms with Crippen molar-refractivity contribution in [2.75, 3.05) is 6.61 Å². The normalized spacial score (nSPS) is 13.7. The zero-order valence-corrected chi connectivity index (χ0v) is 11.1. The van der Waals surface area contributed by atoms with E-state index in [0.717, 1.165) is 23.1 Å². The van der Waals surface area contributed by atoms with Gasteiger partial charge in [0.05, 0.1) is 6.61 Å². The van der Waals surface area contributed by atoms with E-state index >= 15 is 0 Å². The van der Waals surface area contributed by atoms with Crippen LogP contribution in [0.5, 0.6) is 0 Å². The third kappa shape index (κ3) is 3.53. The van der Waals surface area contributed by atoms with E-state index in [1.54, 1.807) is 13.0 Å². The molecule has 0 radical (unpaired) electrons. The molecule has 1 aromatic rings. The molecule has 0 fully saturated rings. The SMILES string of the molecule is CCOC(=O)CCCC1=CC(=O)Cc2ccccc21. The first kappa shape index (κ1) is 13.5. The standard InChI is InChI=1S/C16H18O3/c1-2-19-16(18)9-5-7-13-11-14(17)10-12-6-3-4-8-15(12)13/h3-4,6,8,11H,2,5,7,9-10H2,1H3. The Morgan fingerprint density at radius 1 is 1.32 bits per heavy atom. The maximum absolute atomic E-state index is 11.7. The van der Waals surface area contributed by atoms with Crippen LogP contribution in [0.25, 0.3) is 5.57 Å². The van der Waals surface area contributed by atoms with Crippen LogP contribution in [0.15, 0.2) is 30.3 Å². The number of carbonyl (C=O) groups is 2. The maximum atomic E-state index is 11.7. The molecule has 3 nitrogen and oxygen atoms in total. The first-order valence-electron chi connectivity index (χ1n) is 6.68. The van der Waals surface area contributed by atoms with Crippen molar-refractivity contribution in [3.8, 4) is 0 Å². The second kappa shape index (κ2) is 6.32. The largest absolute Gasteiger partial charge is 0.466 e. The number of allylic oxidation sites excluding steroid dienone is 2. The smallest absolute Gasteiger partial charge is 0.305 e. The third-order valence-electron chi connectivity index (χ3n) is 3.20. The van der Waals surface area contributed by atoms with E-state index in [4.69, 9.17) is 4.74 Å². The van der Waals surface area contributed by atoms with Gasteiger partial charge < -0.3 is 4.74 Å². The van der Waals surface area contributed by atoms with E-state index in [0.29, 0.717) is 25.9 Å². The van der Waals surface area contributed by atoms with Crippen LogP contribution >= 0.6 is 0 Å². The van der Waals surface area contributed by atoms with Gasteiger partial charge in [-0.15, -0.1) is 0 Å². The third-order valence-corrected chi connectivity index (χ3v) is 3.20. The summed E-state index contributed by atoms with van der Waals surface area (Å²) in [7, 11) is 0. The first-order chi connectivity index (χ1) is 9.20. The van der Waals surface area contributed by atoms with E-state index in [-0.39, 0.29) is 11.8 Å². The summed E-state index contributed by atoms with van der Waals surface area (Å²) in [6.45, 7) is 2.22. The molecule has 0 saturated heterocycles. The lowest BCUT2D eigenvalue weighted by molar-refractivity contribution is -0.143. The lowest BCUT2D eigenvalue weighted by Crippen LogP contribution is -2.09. The van der Waals surface area contributed by atoms with Crippen LogP contribution in [-0.4, -0.2) is 18.4 Å². The molecule has 0 atom stereocenters. The summed E-state index contributed by atoms with van der Waals surface area (Å²) in [6.07, 6.45) is 4.06. The van der Waals surface area contributed by atoms with Crippen molar-refractivity contribution in [3.63, 3.8) is 0 Å². The summed E-state index contributed by atoms with van der Waals surface area (Å²) in [6, 6.07) is 7.96. The van der Waals surface area contributed by atoms with Crippen molar-refractivity contribution in [2.45, 2.75) is 32.6 Å². The summed E-state index contributed by atoms with van der Waals surface area (Å²) >= 11 is 0. The first-order valence-corrected chi connectivity index (χ1v) is 6.68. The topological polar surface area (TPSA) is 43.4 Å². The number of hydrogen-bond acceptors (Lipinski definition) is 3. The Kier molecular flexibility index (Phi) is 4.50. The molecular weight excluding hydrogens is 240 g/mol. The highest BCUT2D eigenvalue weighted by Crippen LogP contribution is 2.28. The number of fused-ring (bicyclic) bond motifs is 1. The van der Waals surface area contributed by atoms with Gasteiger partial charge in [0, 0.05) is 12.8 Å². The average Bonchev–Trinajstić information content (AvgIpc) is 2.38. The number of carbonyl (C=O) groups excluding carboxylic acids is 2. The van der Waals surface area contributed by atoms with Crippen molar-refractivity contribution in [2.24, 2.45) is 0 Å². The Hall–Kier alpha value is -1.90. The average molecular weight is 258 g/mol. The van der Waals surface area contributed by atoms with Gasteiger partial charge in [-0.05, 0) is 42.5 Å². The lowest BCUT2D eigenvalue weighted by Gasteiger charge is -2.16. The van der Waals surface area contributed by atoms with Crippen LogP contribution in [0, 0.1) is 0 Å². The molecule has 0 amide bonds. The molecular formula is C16H18O3. The van der Waals surface area contributed by atoms with Crippen LogP contribution in [0.2, 0.25) is 0 Å². The molecule has 2 rings (SSSR count). The zero-order chi connectivity index (χ0) is 13.7. The van der Waals surface area contributed by atoms with Crippen molar-refractivity contribution in [1.82, 2.24) is 0 Å². The van der Waals surface area contributed by atoms with Crippen molar-refractivity contribution in [3.05, 3.63) is 41.5 Å². The number of ether oxygens (including phenoxy) is 1. The molecule has 0 unspecified atom stereocenters. The van der Waals surface area contributed by atoms with Gasteiger partial charge in [-0.2, -0.15) is 0 Å². The number of hydrogen-bond donors (Lipinski definition) is 0. The minimum Gasteiger partial charge on any atom is -0.466 e. The molecule has 1 aliphatic carbocycles. The predicted octanol–water partition coefficient (Wildman–Crippen LogP) is 2.93. The molecule has 1 aliphatic rings. The molecule has 0 heterocycles.